The molecule has 0 aromatic heterocycles. The van der Waals surface area contributed by atoms with Gasteiger partial charge in [-0.05, 0) is 33.6 Å². The molecule has 0 unspecified atom stereocenters. The molecule has 0 aliphatic heterocycles. The van der Waals surface area contributed by atoms with E-state index in [1.165, 1.54) is 0 Å². The summed E-state index contributed by atoms with van der Waals surface area (Å²) in [6.45, 7) is 0.173. The number of benzene rings is 1. The molecular weight excluding hydrogens is 314 g/mol. The van der Waals surface area contributed by atoms with Crippen molar-refractivity contribution < 1.29 is 14.3 Å². The average molecular weight is 330 g/mol. The zero-order valence-electron chi connectivity index (χ0n) is 10.5. The summed E-state index contributed by atoms with van der Waals surface area (Å²) in [6, 6.07) is 5.52. The number of hydrogen-bond donors (Lipinski definition) is 3. The van der Waals surface area contributed by atoms with E-state index in [9.17, 15) is 9.59 Å². The zero-order valence-corrected chi connectivity index (χ0v) is 12.1. The first-order valence-electron chi connectivity index (χ1n) is 5.62. The lowest BCUT2D eigenvalue weighted by Gasteiger charge is -2.08. The average Bonchev–Trinajstić information content (AvgIpc) is 2.42. The van der Waals surface area contributed by atoms with Crippen molar-refractivity contribution in [1.82, 2.24) is 10.6 Å². The molecule has 0 aliphatic rings. The fourth-order valence-electron chi connectivity index (χ4n) is 1.33. The molecule has 1 aromatic carbocycles. The number of ether oxygens (including phenoxy) is 1. The van der Waals surface area contributed by atoms with Gasteiger partial charge in [-0.3, -0.25) is 9.59 Å². The van der Waals surface area contributed by atoms with Gasteiger partial charge in [0.2, 0.25) is 11.8 Å². The van der Waals surface area contributed by atoms with E-state index in [1.807, 2.05) is 18.2 Å². The van der Waals surface area contributed by atoms with Gasteiger partial charge in [0.25, 0.3) is 0 Å². The molecule has 4 N–H and O–H groups in total. The topological polar surface area (TPSA) is 93.5 Å². The molecule has 0 heterocycles. The first kappa shape index (κ1) is 15.5. The summed E-state index contributed by atoms with van der Waals surface area (Å²) in [5.41, 5.74) is 6.03. The minimum absolute atomic E-state index is 0.0760. The fourth-order valence-corrected chi connectivity index (χ4v) is 1.92. The van der Waals surface area contributed by atoms with Gasteiger partial charge in [0, 0.05) is 6.54 Å². The number of carbonyl (C=O) groups is 2. The Labute approximate surface area is 119 Å². The van der Waals surface area contributed by atoms with Crippen molar-refractivity contribution in [2.45, 2.75) is 6.54 Å². The van der Waals surface area contributed by atoms with Crippen molar-refractivity contribution in [3.05, 3.63) is 28.2 Å². The normalized spacial score (nSPS) is 9.84. The number of hydrogen-bond acceptors (Lipinski definition) is 4. The van der Waals surface area contributed by atoms with Crippen LogP contribution in [0.25, 0.3) is 0 Å². The molecular formula is C12H16BrN3O3. The minimum atomic E-state index is -0.359. The number of nitrogens with two attached hydrogens (primary N) is 1. The van der Waals surface area contributed by atoms with Crippen LogP contribution in [0.3, 0.4) is 0 Å². The summed E-state index contributed by atoms with van der Waals surface area (Å²) in [7, 11) is 1.58. The van der Waals surface area contributed by atoms with E-state index in [4.69, 9.17) is 10.5 Å². The van der Waals surface area contributed by atoms with Gasteiger partial charge in [-0.2, -0.15) is 0 Å². The first-order valence-corrected chi connectivity index (χ1v) is 6.42. The summed E-state index contributed by atoms with van der Waals surface area (Å²) >= 11 is 3.36. The van der Waals surface area contributed by atoms with Crippen LogP contribution in [-0.2, 0) is 16.1 Å². The molecule has 1 aromatic rings. The van der Waals surface area contributed by atoms with Crippen molar-refractivity contribution in [2.24, 2.45) is 5.73 Å². The summed E-state index contributed by atoms with van der Waals surface area (Å²) in [6.07, 6.45) is 0. The van der Waals surface area contributed by atoms with Gasteiger partial charge in [-0.1, -0.05) is 6.07 Å². The molecule has 2 amide bonds. The second-order valence-electron chi connectivity index (χ2n) is 3.73. The number of carbonyl (C=O) groups excluding carboxylic acids is 2. The fraction of sp³-hybridized carbons (Fsp3) is 0.333. The van der Waals surface area contributed by atoms with Crippen LogP contribution in [0.15, 0.2) is 22.7 Å². The largest absolute Gasteiger partial charge is 0.496 e. The van der Waals surface area contributed by atoms with Gasteiger partial charge in [0.15, 0.2) is 0 Å². The van der Waals surface area contributed by atoms with Gasteiger partial charge in [-0.15, -0.1) is 0 Å². The van der Waals surface area contributed by atoms with Crippen LogP contribution in [0.2, 0.25) is 0 Å². The molecule has 0 radical (unpaired) electrons. The minimum Gasteiger partial charge on any atom is -0.496 e. The molecule has 0 saturated heterocycles. The van der Waals surface area contributed by atoms with Crippen LogP contribution in [0.4, 0.5) is 0 Å². The Morgan fingerprint density at radius 2 is 2.05 bits per heavy atom. The lowest BCUT2D eigenvalue weighted by molar-refractivity contribution is -0.125. The second-order valence-corrected chi connectivity index (χ2v) is 4.58. The number of rotatable bonds is 6. The Hall–Kier alpha value is -1.60. The Balaban J connectivity index is 2.42. The predicted octanol–water partition coefficient (Wildman–Crippen LogP) is 0.149. The molecule has 104 valence electrons. The van der Waals surface area contributed by atoms with E-state index in [0.717, 1.165) is 15.8 Å². The van der Waals surface area contributed by atoms with Gasteiger partial charge >= 0.3 is 0 Å². The van der Waals surface area contributed by atoms with Crippen molar-refractivity contribution in [3.8, 4) is 5.75 Å². The van der Waals surface area contributed by atoms with E-state index in [0.29, 0.717) is 6.54 Å². The smallest absolute Gasteiger partial charge is 0.239 e. The summed E-state index contributed by atoms with van der Waals surface area (Å²) in [5, 5.41) is 5.08. The lowest BCUT2D eigenvalue weighted by atomic mass is 10.2. The van der Waals surface area contributed by atoms with Gasteiger partial charge in [0.05, 0.1) is 24.7 Å². The third kappa shape index (κ3) is 5.27. The predicted molar refractivity (Wildman–Crippen MR) is 74.6 cm³/mol. The highest BCUT2D eigenvalue weighted by Crippen LogP contribution is 2.25. The maximum absolute atomic E-state index is 11.4. The molecule has 6 nitrogen and oxygen atoms in total. The highest BCUT2D eigenvalue weighted by Gasteiger charge is 2.05. The van der Waals surface area contributed by atoms with Crippen molar-refractivity contribution in [1.29, 1.82) is 0 Å². The quantitative estimate of drug-likeness (QED) is 0.692. The van der Waals surface area contributed by atoms with Crippen molar-refractivity contribution in [3.63, 3.8) is 0 Å². The second kappa shape index (κ2) is 7.75. The summed E-state index contributed by atoms with van der Waals surface area (Å²) in [5.74, 6) is 0.0985. The van der Waals surface area contributed by atoms with E-state index in [1.54, 1.807) is 7.11 Å². The van der Waals surface area contributed by atoms with Gasteiger partial charge in [0.1, 0.15) is 5.75 Å². The number of nitrogens with one attached hydrogen (secondary N) is 2. The highest BCUT2D eigenvalue weighted by molar-refractivity contribution is 9.10. The summed E-state index contributed by atoms with van der Waals surface area (Å²) < 4.78 is 5.93. The van der Waals surface area contributed by atoms with E-state index in [-0.39, 0.29) is 24.9 Å². The monoisotopic (exact) mass is 329 g/mol. The van der Waals surface area contributed by atoms with Gasteiger partial charge in [-0.25, -0.2) is 0 Å². The van der Waals surface area contributed by atoms with Gasteiger partial charge < -0.3 is 21.1 Å². The molecule has 0 aliphatic carbocycles. The third-order valence-corrected chi connectivity index (χ3v) is 2.96. The molecule has 0 saturated carbocycles. The maximum Gasteiger partial charge on any atom is 0.239 e. The first-order chi connectivity index (χ1) is 9.06. The number of halogens is 1. The Morgan fingerprint density at radius 3 is 2.63 bits per heavy atom. The third-order valence-electron chi connectivity index (χ3n) is 2.34. The molecule has 0 bridgehead atoms. The Morgan fingerprint density at radius 1 is 1.32 bits per heavy atom. The van der Waals surface area contributed by atoms with Crippen LogP contribution >= 0.6 is 15.9 Å². The number of amides is 2. The molecule has 1 rings (SSSR count). The summed E-state index contributed by atoms with van der Waals surface area (Å²) in [4.78, 5) is 22.3. The van der Waals surface area contributed by atoms with Crippen LogP contribution < -0.4 is 21.1 Å². The molecule has 0 spiro atoms. The van der Waals surface area contributed by atoms with Crippen molar-refractivity contribution in [2.75, 3.05) is 20.2 Å². The molecule has 7 heteroatoms. The van der Waals surface area contributed by atoms with E-state index >= 15 is 0 Å². The van der Waals surface area contributed by atoms with E-state index < -0.39 is 0 Å². The van der Waals surface area contributed by atoms with Crippen LogP contribution in [0.5, 0.6) is 5.75 Å². The van der Waals surface area contributed by atoms with Crippen LogP contribution in [0, 0.1) is 0 Å². The Bertz CT molecular complexity index is 466. The Kier molecular flexibility index (Phi) is 6.31. The molecule has 19 heavy (non-hydrogen) atoms. The maximum atomic E-state index is 11.4. The highest BCUT2D eigenvalue weighted by atomic mass is 79.9. The molecule has 0 atom stereocenters. The van der Waals surface area contributed by atoms with Crippen LogP contribution in [-0.4, -0.2) is 32.0 Å². The number of methoxy groups -OCH3 is 1. The SMILES string of the molecule is COc1ccc(CNC(=O)CNC(=O)CN)cc1Br. The van der Waals surface area contributed by atoms with E-state index in [2.05, 4.69) is 26.6 Å². The van der Waals surface area contributed by atoms with Crippen LogP contribution in [0.1, 0.15) is 5.56 Å². The molecule has 0 fully saturated rings. The van der Waals surface area contributed by atoms with Crippen molar-refractivity contribution >= 4 is 27.7 Å². The zero-order chi connectivity index (χ0) is 14.3. The standard InChI is InChI=1S/C12H16BrN3O3/c1-19-10-3-2-8(4-9(10)13)6-15-12(18)7-16-11(17)5-14/h2-4H,5-7,14H2,1H3,(H,15,18)(H,16,17). The lowest BCUT2D eigenvalue weighted by Crippen LogP contribution is -2.39.